The van der Waals surface area contributed by atoms with E-state index in [1.165, 1.54) is 18.0 Å². The number of aromatic amines is 1. The number of thioether (sulfide) groups is 1. The van der Waals surface area contributed by atoms with Crippen LogP contribution < -0.4 is 10.5 Å². The van der Waals surface area contributed by atoms with Gasteiger partial charge in [-0.05, 0) is 38.1 Å². The fraction of sp³-hybridized carbons (Fsp3) is 0.182. The zero-order valence-electron chi connectivity index (χ0n) is 16.6. The van der Waals surface area contributed by atoms with Crippen molar-refractivity contribution in [3.63, 3.8) is 0 Å². The van der Waals surface area contributed by atoms with E-state index in [0.29, 0.717) is 16.2 Å². The fourth-order valence-corrected chi connectivity index (χ4v) is 3.96. The third-order valence-corrected chi connectivity index (χ3v) is 5.43. The minimum absolute atomic E-state index is 0.00880. The van der Waals surface area contributed by atoms with Crippen LogP contribution in [0.15, 0.2) is 76.8 Å². The second-order valence-electron chi connectivity index (χ2n) is 6.98. The highest BCUT2D eigenvalue weighted by Crippen LogP contribution is 2.21. The molecule has 0 saturated heterocycles. The highest BCUT2D eigenvalue weighted by molar-refractivity contribution is 7.99. The van der Waals surface area contributed by atoms with Crippen molar-refractivity contribution in [2.45, 2.75) is 25.0 Å². The molecule has 2 aromatic carbocycles. The molecule has 2 aromatic heterocycles. The van der Waals surface area contributed by atoms with Crippen molar-refractivity contribution in [2.75, 3.05) is 10.7 Å². The normalized spacial score (nSPS) is 11.2. The van der Waals surface area contributed by atoms with E-state index in [1.54, 1.807) is 9.58 Å². The van der Waals surface area contributed by atoms with Crippen LogP contribution in [0.1, 0.15) is 13.8 Å². The lowest BCUT2D eigenvalue weighted by Gasteiger charge is -2.26. The first-order valence-corrected chi connectivity index (χ1v) is 10.6. The molecule has 8 heteroatoms. The van der Waals surface area contributed by atoms with Gasteiger partial charge >= 0.3 is 0 Å². The Hall–Kier alpha value is -3.39. The van der Waals surface area contributed by atoms with Gasteiger partial charge in [0.25, 0.3) is 5.56 Å². The van der Waals surface area contributed by atoms with Gasteiger partial charge in [0.1, 0.15) is 5.39 Å². The van der Waals surface area contributed by atoms with Gasteiger partial charge in [0.15, 0.2) is 10.8 Å². The molecule has 0 bridgehead atoms. The van der Waals surface area contributed by atoms with Gasteiger partial charge in [0, 0.05) is 11.7 Å². The zero-order valence-corrected chi connectivity index (χ0v) is 17.5. The van der Waals surface area contributed by atoms with Crippen LogP contribution in [0.2, 0.25) is 0 Å². The molecule has 0 spiro atoms. The van der Waals surface area contributed by atoms with Crippen molar-refractivity contribution in [1.29, 1.82) is 0 Å². The van der Waals surface area contributed by atoms with Crippen LogP contribution >= 0.6 is 11.8 Å². The highest BCUT2D eigenvalue weighted by atomic mass is 32.2. The van der Waals surface area contributed by atoms with Crippen LogP contribution in [0, 0.1) is 0 Å². The molecular formula is C22H21N5O2S. The number of carbonyl (C=O) groups is 1. The maximum Gasteiger partial charge on any atom is 0.262 e. The molecule has 2 heterocycles. The number of hydrogen-bond acceptors (Lipinski definition) is 5. The first-order valence-electron chi connectivity index (χ1n) is 9.58. The van der Waals surface area contributed by atoms with Crippen molar-refractivity contribution in [3.8, 4) is 5.69 Å². The number of carbonyl (C=O) groups excluding carboxylic acids is 1. The second kappa shape index (κ2) is 8.54. The lowest BCUT2D eigenvalue weighted by atomic mass is 10.2. The van der Waals surface area contributed by atoms with Crippen LogP contribution in [0.4, 0.5) is 5.69 Å². The number of nitrogens with one attached hydrogen (secondary N) is 1. The van der Waals surface area contributed by atoms with Crippen LogP contribution in [-0.2, 0) is 4.79 Å². The molecule has 4 aromatic rings. The van der Waals surface area contributed by atoms with Crippen molar-refractivity contribution in [3.05, 3.63) is 77.2 Å². The van der Waals surface area contributed by atoms with Crippen molar-refractivity contribution in [2.24, 2.45) is 0 Å². The van der Waals surface area contributed by atoms with Crippen molar-refractivity contribution < 1.29 is 4.79 Å². The number of aromatic nitrogens is 4. The topological polar surface area (TPSA) is 83.9 Å². The number of para-hydroxylation sites is 2. The third kappa shape index (κ3) is 3.99. The Kier molecular flexibility index (Phi) is 5.67. The summed E-state index contributed by atoms with van der Waals surface area (Å²) in [7, 11) is 0. The Morgan fingerprint density at radius 1 is 1.10 bits per heavy atom. The molecular weight excluding hydrogens is 398 g/mol. The summed E-state index contributed by atoms with van der Waals surface area (Å²) in [6.45, 7) is 3.94. The number of fused-ring (bicyclic) bond motifs is 1. The monoisotopic (exact) mass is 419 g/mol. The van der Waals surface area contributed by atoms with E-state index in [-0.39, 0.29) is 23.3 Å². The summed E-state index contributed by atoms with van der Waals surface area (Å²) in [6, 6.07) is 19.1. The molecule has 0 aliphatic carbocycles. The fourth-order valence-electron chi connectivity index (χ4n) is 3.24. The summed E-state index contributed by atoms with van der Waals surface area (Å²) >= 11 is 1.21. The SMILES string of the molecule is CC(C)N(C(=O)CSc1nc2c(cnn2-c2ccccc2)c(=O)[nH]1)c1ccccc1. The average Bonchev–Trinajstić information content (AvgIpc) is 3.18. The van der Waals surface area contributed by atoms with E-state index in [4.69, 9.17) is 0 Å². The van der Waals surface area contributed by atoms with Crippen LogP contribution in [0.3, 0.4) is 0 Å². The molecule has 0 saturated carbocycles. The van der Waals surface area contributed by atoms with Gasteiger partial charge in [0.2, 0.25) is 5.91 Å². The molecule has 7 nitrogen and oxygen atoms in total. The van der Waals surface area contributed by atoms with Gasteiger partial charge in [-0.3, -0.25) is 9.59 Å². The molecule has 30 heavy (non-hydrogen) atoms. The molecule has 1 amide bonds. The maximum absolute atomic E-state index is 12.9. The third-order valence-electron chi connectivity index (χ3n) is 4.57. The summed E-state index contributed by atoms with van der Waals surface area (Å²) in [5.74, 6) is 0.0987. The quantitative estimate of drug-likeness (QED) is 0.381. The number of rotatable bonds is 6. The van der Waals surface area contributed by atoms with Crippen LogP contribution in [-0.4, -0.2) is 37.5 Å². The Bertz CT molecular complexity index is 1220. The molecule has 152 valence electrons. The molecule has 1 N–H and O–H groups in total. The lowest BCUT2D eigenvalue weighted by Crippen LogP contribution is -2.38. The summed E-state index contributed by atoms with van der Waals surface area (Å²) in [6.07, 6.45) is 1.50. The summed E-state index contributed by atoms with van der Waals surface area (Å²) in [5, 5.41) is 5.09. The number of anilines is 1. The van der Waals surface area contributed by atoms with Crippen LogP contribution in [0.25, 0.3) is 16.7 Å². The largest absolute Gasteiger partial charge is 0.309 e. The first-order chi connectivity index (χ1) is 14.5. The van der Waals surface area contributed by atoms with E-state index in [1.807, 2.05) is 74.5 Å². The second-order valence-corrected chi connectivity index (χ2v) is 7.95. The van der Waals surface area contributed by atoms with Crippen LogP contribution in [0.5, 0.6) is 0 Å². The predicted octanol–water partition coefficient (Wildman–Crippen LogP) is 3.64. The summed E-state index contributed by atoms with van der Waals surface area (Å²) < 4.78 is 1.63. The van der Waals surface area contributed by atoms with E-state index in [0.717, 1.165) is 11.4 Å². The van der Waals surface area contributed by atoms with E-state index in [9.17, 15) is 9.59 Å². The number of H-pyrrole nitrogens is 1. The molecule has 0 aliphatic rings. The number of benzene rings is 2. The number of amides is 1. The molecule has 0 radical (unpaired) electrons. The van der Waals surface area contributed by atoms with E-state index in [2.05, 4.69) is 15.1 Å². The van der Waals surface area contributed by atoms with Gasteiger partial charge in [-0.25, -0.2) is 9.67 Å². The molecule has 0 atom stereocenters. The van der Waals surface area contributed by atoms with E-state index >= 15 is 0 Å². The van der Waals surface area contributed by atoms with Gasteiger partial charge in [-0.15, -0.1) is 0 Å². The Labute approximate surface area is 177 Å². The van der Waals surface area contributed by atoms with Gasteiger partial charge in [0.05, 0.1) is 17.6 Å². The molecule has 0 aliphatic heterocycles. The number of nitrogens with zero attached hydrogens (tertiary/aromatic N) is 4. The first kappa shape index (κ1) is 19.9. The van der Waals surface area contributed by atoms with Gasteiger partial charge < -0.3 is 9.88 Å². The standard InChI is InChI=1S/C22H21N5O2S/c1-15(2)26(16-9-5-3-6-10-16)19(28)14-30-22-24-20-18(21(29)25-22)13-23-27(20)17-11-7-4-8-12-17/h3-13,15H,14H2,1-2H3,(H,24,25,29). The van der Waals surface area contributed by atoms with Gasteiger partial charge in [-0.2, -0.15) is 5.10 Å². The van der Waals surface area contributed by atoms with Crippen molar-refractivity contribution >= 4 is 34.4 Å². The highest BCUT2D eigenvalue weighted by Gasteiger charge is 2.20. The summed E-state index contributed by atoms with van der Waals surface area (Å²) in [4.78, 5) is 34.5. The minimum Gasteiger partial charge on any atom is -0.309 e. The Morgan fingerprint density at radius 2 is 1.77 bits per heavy atom. The number of hydrogen-bond donors (Lipinski definition) is 1. The van der Waals surface area contributed by atoms with Crippen molar-refractivity contribution in [1.82, 2.24) is 19.7 Å². The van der Waals surface area contributed by atoms with Gasteiger partial charge in [-0.1, -0.05) is 48.2 Å². The average molecular weight is 420 g/mol. The molecule has 4 rings (SSSR count). The lowest BCUT2D eigenvalue weighted by molar-refractivity contribution is -0.116. The Balaban J connectivity index is 1.60. The smallest absolute Gasteiger partial charge is 0.262 e. The predicted molar refractivity (Wildman–Crippen MR) is 119 cm³/mol. The maximum atomic E-state index is 12.9. The van der Waals surface area contributed by atoms with E-state index < -0.39 is 0 Å². The summed E-state index contributed by atoms with van der Waals surface area (Å²) in [5.41, 5.74) is 1.84. The zero-order chi connectivity index (χ0) is 21.1. The molecule has 0 unspecified atom stereocenters. The minimum atomic E-state index is -0.277. The Morgan fingerprint density at radius 3 is 2.43 bits per heavy atom. The molecule has 0 fully saturated rings.